The van der Waals surface area contributed by atoms with Crippen LogP contribution in [-0.4, -0.2) is 39.7 Å². The van der Waals surface area contributed by atoms with Crippen molar-refractivity contribution in [3.05, 3.63) is 53.3 Å². The van der Waals surface area contributed by atoms with Crippen LogP contribution in [0.2, 0.25) is 0 Å². The Balaban J connectivity index is 1.70. The molecule has 0 bridgehead atoms. The minimum Gasteiger partial charge on any atom is -0.350 e. The minimum atomic E-state index is -0.202. The Bertz CT molecular complexity index is 704. The topological polar surface area (TPSA) is 50.2 Å². The summed E-state index contributed by atoms with van der Waals surface area (Å²) in [7, 11) is 0. The summed E-state index contributed by atoms with van der Waals surface area (Å²) in [6.45, 7) is 8.74. The van der Waals surface area contributed by atoms with Crippen LogP contribution in [0.5, 0.6) is 0 Å². The van der Waals surface area contributed by atoms with Crippen molar-refractivity contribution in [2.45, 2.75) is 52.2 Å². The molecule has 2 atom stereocenters. The summed E-state index contributed by atoms with van der Waals surface area (Å²) in [6.07, 6.45) is 2.33. The number of likely N-dealkylation sites (tertiary alicyclic amines) is 1. The van der Waals surface area contributed by atoms with Crippen LogP contribution in [0.4, 0.5) is 0 Å². The van der Waals surface area contributed by atoms with Gasteiger partial charge in [-0.2, -0.15) is 5.10 Å². The van der Waals surface area contributed by atoms with Crippen molar-refractivity contribution in [3.63, 3.8) is 0 Å². The van der Waals surface area contributed by atoms with Crippen LogP contribution in [-0.2, 0) is 11.3 Å². The average molecular weight is 340 g/mol. The number of rotatable bonds is 6. The van der Waals surface area contributed by atoms with E-state index in [2.05, 4.69) is 21.4 Å². The van der Waals surface area contributed by atoms with Crippen LogP contribution in [0.3, 0.4) is 0 Å². The normalized spacial score (nSPS) is 17.4. The highest BCUT2D eigenvalue weighted by molar-refractivity contribution is 5.83. The summed E-state index contributed by atoms with van der Waals surface area (Å²) in [5, 5.41) is 7.69. The fourth-order valence-corrected chi connectivity index (χ4v) is 3.65. The molecule has 3 rings (SSSR count). The number of amides is 1. The molecule has 2 aromatic rings. The number of hydrogen-bond acceptors (Lipinski definition) is 3. The lowest BCUT2D eigenvalue weighted by atomic mass is 10.0. The number of aryl methyl sites for hydroxylation is 2. The van der Waals surface area contributed by atoms with E-state index in [0.29, 0.717) is 6.54 Å². The van der Waals surface area contributed by atoms with E-state index in [0.717, 1.165) is 42.9 Å². The van der Waals surface area contributed by atoms with Gasteiger partial charge in [0, 0.05) is 11.7 Å². The second-order valence-corrected chi connectivity index (χ2v) is 7.08. The van der Waals surface area contributed by atoms with Gasteiger partial charge in [0.15, 0.2) is 0 Å². The zero-order chi connectivity index (χ0) is 17.8. The van der Waals surface area contributed by atoms with Crippen molar-refractivity contribution in [2.24, 2.45) is 0 Å². The van der Waals surface area contributed by atoms with Gasteiger partial charge in [0.25, 0.3) is 0 Å². The van der Waals surface area contributed by atoms with Crippen molar-refractivity contribution in [1.29, 1.82) is 0 Å². The molecule has 1 aliphatic heterocycles. The SMILES string of the molecule is Cc1cc(C)n(C[C@H](C)NC(=O)[C@@H](c2ccccc2)N2CCCC2)n1. The first-order valence-corrected chi connectivity index (χ1v) is 9.15. The fourth-order valence-electron chi connectivity index (χ4n) is 3.65. The quantitative estimate of drug-likeness (QED) is 0.880. The Morgan fingerprint density at radius 3 is 2.48 bits per heavy atom. The zero-order valence-corrected chi connectivity index (χ0v) is 15.4. The zero-order valence-electron chi connectivity index (χ0n) is 15.4. The second-order valence-electron chi connectivity index (χ2n) is 7.08. The molecule has 25 heavy (non-hydrogen) atoms. The Hall–Kier alpha value is -2.14. The number of benzene rings is 1. The van der Waals surface area contributed by atoms with Gasteiger partial charge in [0.1, 0.15) is 6.04 Å². The first-order valence-electron chi connectivity index (χ1n) is 9.15. The van der Waals surface area contributed by atoms with E-state index in [1.54, 1.807) is 0 Å². The molecule has 134 valence electrons. The third-order valence-electron chi connectivity index (χ3n) is 4.81. The van der Waals surface area contributed by atoms with Gasteiger partial charge < -0.3 is 5.32 Å². The van der Waals surface area contributed by atoms with E-state index < -0.39 is 0 Å². The largest absolute Gasteiger partial charge is 0.350 e. The number of carbonyl (C=O) groups excluding carboxylic acids is 1. The standard InChI is InChI=1S/C20H28N4O/c1-15-13-17(3)24(22-15)14-16(2)21-20(25)19(23-11-7-8-12-23)18-9-5-4-6-10-18/h4-6,9-10,13,16,19H,7-8,11-12,14H2,1-3H3,(H,21,25)/t16-,19+/m0/s1. The number of nitrogens with one attached hydrogen (secondary N) is 1. The highest BCUT2D eigenvalue weighted by Crippen LogP contribution is 2.25. The lowest BCUT2D eigenvalue weighted by Crippen LogP contribution is -2.44. The summed E-state index contributed by atoms with van der Waals surface area (Å²) < 4.78 is 1.97. The number of aromatic nitrogens is 2. The summed E-state index contributed by atoms with van der Waals surface area (Å²) in [5.41, 5.74) is 3.20. The number of hydrogen-bond donors (Lipinski definition) is 1. The maximum absolute atomic E-state index is 13.0. The molecule has 1 amide bonds. The van der Waals surface area contributed by atoms with Gasteiger partial charge in [0.2, 0.25) is 5.91 Å². The average Bonchev–Trinajstić information content (AvgIpc) is 3.19. The first kappa shape index (κ1) is 17.7. The monoisotopic (exact) mass is 340 g/mol. The maximum Gasteiger partial charge on any atom is 0.242 e. The van der Waals surface area contributed by atoms with Crippen LogP contribution < -0.4 is 5.32 Å². The van der Waals surface area contributed by atoms with Crippen molar-refractivity contribution < 1.29 is 4.79 Å². The van der Waals surface area contributed by atoms with E-state index in [4.69, 9.17) is 0 Å². The molecule has 0 aliphatic carbocycles. The number of carbonyl (C=O) groups is 1. The lowest BCUT2D eigenvalue weighted by Gasteiger charge is -2.28. The van der Waals surface area contributed by atoms with Gasteiger partial charge in [-0.05, 0) is 58.3 Å². The first-order chi connectivity index (χ1) is 12.0. The van der Waals surface area contributed by atoms with Crippen LogP contribution in [0.25, 0.3) is 0 Å². The summed E-state index contributed by atoms with van der Waals surface area (Å²) in [6, 6.07) is 12.0. The van der Waals surface area contributed by atoms with E-state index in [1.165, 1.54) is 0 Å². The molecular weight excluding hydrogens is 312 g/mol. The molecule has 1 N–H and O–H groups in total. The molecule has 2 heterocycles. The molecule has 0 radical (unpaired) electrons. The van der Waals surface area contributed by atoms with Crippen molar-refractivity contribution in [1.82, 2.24) is 20.0 Å². The molecule has 5 nitrogen and oxygen atoms in total. The molecule has 0 saturated carbocycles. The van der Waals surface area contributed by atoms with Crippen molar-refractivity contribution in [2.75, 3.05) is 13.1 Å². The van der Waals surface area contributed by atoms with E-state index in [1.807, 2.05) is 55.8 Å². The Morgan fingerprint density at radius 1 is 1.20 bits per heavy atom. The molecule has 0 spiro atoms. The van der Waals surface area contributed by atoms with Gasteiger partial charge in [-0.15, -0.1) is 0 Å². The molecule has 1 saturated heterocycles. The van der Waals surface area contributed by atoms with Crippen LogP contribution in [0, 0.1) is 13.8 Å². The fraction of sp³-hybridized carbons (Fsp3) is 0.500. The predicted octanol–water partition coefficient (Wildman–Crippen LogP) is 2.84. The Morgan fingerprint density at radius 2 is 1.88 bits per heavy atom. The van der Waals surface area contributed by atoms with E-state index in [-0.39, 0.29) is 18.0 Å². The highest BCUT2D eigenvalue weighted by Gasteiger charge is 2.30. The molecule has 0 unspecified atom stereocenters. The number of nitrogens with zero attached hydrogens (tertiary/aromatic N) is 3. The van der Waals surface area contributed by atoms with Gasteiger partial charge in [-0.1, -0.05) is 30.3 Å². The van der Waals surface area contributed by atoms with E-state index >= 15 is 0 Å². The molecule has 1 aliphatic rings. The second kappa shape index (κ2) is 7.83. The van der Waals surface area contributed by atoms with E-state index in [9.17, 15) is 4.79 Å². The van der Waals surface area contributed by atoms with Gasteiger partial charge in [-0.3, -0.25) is 14.4 Å². The highest BCUT2D eigenvalue weighted by atomic mass is 16.2. The molecule has 1 fully saturated rings. The molecule has 1 aromatic carbocycles. The Labute approximate surface area is 150 Å². The third kappa shape index (κ3) is 4.28. The van der Waals surface area contributed by atoms with Crippen molar-refractivity contribution in [3.8, 4) is 0 Å². The van der Waals surface area contributed by atoms with Crippen LogP contribution in [0.15, 0.2) is 36.4 Å². The summed E-state index contributed by atoms with van der Waals surface area (Å²) in [4.78, 5) is 15.3. The van der Waals surface area contributed by atoms with Crippen LogP contribution >= 0.6 is 0 Å². The van der Waals surface area contributed by atoms with Gasteiger partial charge >= 0.3 is 0 Å². The summed E-state index contributed by atoms with van der Waals surface area (Å²) >= 11 is 0. The van der Waals surface area contributed by atoms with Gasteiger partial charge in [0.05, 0.1) is 12.2 Å². The predicted molar refractivity (Wildman–Crippen MR) is 99.3 cm³/mol. The van der Waals surface area contributed by atoms with Gasteiger partial charge in [-0.25, -0.2) is 0 Å². The molecule has 1 aromatic heterocycles. The lowest BCUT2D eigenvalue weighted by molar-refractivity contribution is -0.127. The summed E-state index contributed by atoms with van der Waals surface area (Å²) in [5.74, 6) is 0.0853. The van der Waals surface area contributed by atoms with Crippen LogP contribution in [0.1, 0.15) is 42.8 Å². The van der Waals surface area contributed by atoms with Crippen molar-refractivity contribution >= 4 is 5.91 Å². The smallest absolute Gasteiger partial charge is 0.242 e. The maximum atomic E-state index is 13.0. The third-order valence-corrected chi connectivity index (χ3v) is 4.81. The minimum absolute atomic E-state index is 0.0271. The molecular formula is C20H28N4O. The molecule has 5 heteroatoms. The Kier molecular flexibility index (Phi) is 5.53.